The number of halogens is 2. The first-order valence-corrected chi connectivity index (χ1v) is 8.19. The van der Waals surface area contributed by atoms with Crippen LogP contribution in [0.25, 0.3) is 0 Å². The number of urea groups is 1. The molecule has 0 spiro atoms. The molecule has 0 bridgehead atoms. The Labute approximate surface area is 145 Å². The van der Waals surface area contributed by atoms with Crippen LogP contribution in [0.2, 0.25) is 10.0 Å². The van der Waals surface area contributed by atoms with E-state index in [4.69, 9.17) is 23.2 Å². The number of hydrogen-bond acceptors (Lipinski definition) is 2. The first kappa shape index (κ1) is 16.0. The fourth-order valence-electron chi connectivity index (χ4n) is 2.66. The van der Waals surface area contributed by atoms with Crippen LogP contribution in [0.5, 0.6) is 0 Å². The summed E-state index contributed by atoms with van der Waals surface area (Å²) in [6.45, 7) is 1.37. The zero-order valence-corrected chi connectivity index (χ0v) is 13.9. The van der Waals surface area contributed by atoms with Gasteiger partial charge in [-0.05, 0) is 36.8 Å². The molecular formula is C17H17Cl2N3O. The molecule has 2 N–H and O–H groups in total. The van der Waals surface area contributed by atoms with Gasteiger partial charge in [0.25, 0.3) is 0 Å². The van der Waals surface area contributed by atoms with Gasteiger partial charge in [-0.15, -0.1) is 0 Å². The van der Waals surface area contributed by atoms with Gasteiger partial charge in [0.1, 0.15) is 0 Å². The summed E-state index contributed by atoms with van der Waals surface area (Å²) >= 11 is 11.9. The zero-order valence-electron chi connectivity index (χ0n) is 12.4. The lowest BCUT2D eigenvalue weighted by Crippen LogP contribution is -2.34. The van der Waals surface area contributed by atoms with E-state index in [0.717, 1.165) is 12.1 Å². The Morgan fingerprint density at radius 2 is 1.74 bits per heavy atom. The van der Waals surface area contributed by atoms with E-state index in [9.17, 15) is 4.79 Å². The van der Waals surface area contributed by atoms with Crippen molar-refractivity contribution in [2.45, 2.75) is 12.5 Å². The molecule has 0 radical (unpaired) electrons. The van der Waals surface area contributed by atoms with E-state index in [0.29, 0.717) is 28.8 Å². The van der Waals surface area contributed by atoms with Crippen LogP contribution in [-0.4, -0.2) is 30.1 Å². The van der Waals surface area contributed by atoms with Gasteiger partial charge in [-0.25, -0.2) is 4.79 Å². The molecule has 1 atom stereocenters. The molecule has 2 amide bonds. The second kappa shape index (κ2) is 7.11. The number of para-hydroxylation sites is 1. The van der Waals surface area contributed by atoms with Crippen LogP contribution in [0, 0.1) is 0 Å². The lowest BCUT2D eigenvalue weighted by Gasteiger charge is -2.18. The molecule has 1 unspecified atom stereocenters. The summed E-state index contributed by atoms with van der Waals surface area (Å²) < 4.78 is 0. The summed E-state index contributed by atoms with van der Waals surface area (Å²) in [5, 5.41) is 7.28. The third-order valence-electron chi connectivity index (χ3n) is 3.73. The Bertz CT molecular complexity index is 673. The molecular weight excluding hydrogens is 333 g/mol. The standard InChI is InChI=1S/C17H17Cl2N3O/c18-12-8-13(19)10-16(9-12)21-17(23)22-7-6-15(11-22)20-14-4-2-1-3-5-14/h1-5,8-10,15,20H,6-7,11H2,(H,21,23). The molecule has 4 nitrogen and oxygen atoms in total. The number of likely N-dealkylation sites (tertiary alicyclic amines) is 1. The average Bonchev–Trinajstić information content (AvgIpc) is 2.96. The SMILES string of the molecule is O=C(Nc1cc(Cl)cc(Cl)c1)N1CCC(Nc2ccccc2)C1. The van der Waals surface area contributed by atoms with Gasteiger partial charge in [-0.1, -0.05) is 41.4 Å². The number of hydrogen-bond donors (Lipinski definition) is 2. The highest BCUT2D eigenvalue weighted by Gasteiger charge is 2.26. The smallest absolute Gasteiger partial charge is 0.321 e. The summed E-state index contributed by atoms with van der Waals surface area (Å²) in [5.74, 6) is 0. The van der Waals surface area contributed by atoms with Crippen molar-refractivity contribution in [3.05, 3.63) is 58.6 Å². The van der Waals surface area contributed by atoms with Gasteiger partial charge in [0.05, 0.1) is 0 Å². The summed E-state index contributed by atoms with van der Waals surface area (Å²) in [6.07, 6.45) is 0.915. The molecule has 0 aliphatic carbocycles. The van der Waals surface area contributed by atoms with E-state index in [1.165, 1.54) is 0 Å². The summed E-state index contributed by atoms with van der Waals surface area (Å²) in [5.41, 5.74) is 1.67. The van der Waals surface area contributed by atoms with Crippen molar-refractivity contribution < 1.29 is 4.79 Å². The molecule has 1 aliphatic heterocycles. The van der Waals surface area contributed by atoms with E-state index in [-0.39, 0.29) is 12.1 Å². The van der Waals surface area contributed by atoms with Crippen molar-refractivity contribution in [2.24, 2.45) is 0 Å². The largest absolute Gasteiger partial charge is 0.380 e. The quantitative estimate of drug-likeness (QED) is 0.842. The number of benzene rings is 2. The van der Waals surface area contributed by atoms with Crippen LogP contribution in [0.3, 0.4) is 0 Å². The monoisotopic (exact) mass is 349 g/mol. The molecule has 1 saturated heterocycles. The summed E-state index contributed by atoms with van der Waals surface area (Å²) in [6, 6.07) is 15.1. The van der Waals surface area contributed by atoms with Crippen molar-refractivity contribution in [2.75, 3.05) is 23.7 Å². The van der Waals surface area contributed by atoms with Gasteiger partial charge < -0.3 is 15.5 Å². The maximum absolute atomic E-state index is 12.3. The molecule has 6 heteroatoms. The molecule has 1 aliphatic rings. The maximum atomic E-state index is 12.3. The predicted octanol–water partition coefficient (Wildman–Crippen LogP) is 4.71. The number of amides is 2. The Hall–Kier alpha value is -1.91. The third-order valence-corrected chi connectivity index (χ3v) is 4.17. The van der Waals surface area contributed by atoms with Crippen LogP contribution < -0.4 is 10.6 Å². The van der Waals surface area contributed by atoms with Crippen molar-refractivity contribution in [3.63, 3.8) is 0 Å². The van der Waals surface area contributed by atoms with Gasteiger partial charge in [-0.3, -0.25) is 0 Å². The molecule has 1 heterocycles. The Kier molecular flexibility index (Phi) is 4.94. The Morgan fingerprint density at radius 3 is 2.43 bits per heavy atom. The van der Waals surface area contributed by atoms with Crippen molar-refractivity contribution in [1.82, 2.24) is 4.90 Å². The van der Waals surface area contributed by atoms with Crippen LogP contribution in [-0.2, 0) is 0 Å². The fourth-order valence-corrected chi connectivity index (χ4v) is 3.19. The van der Waals surface area contributed by atoms with Crippen molar-refractivity contribution in [3.8, 4) is 0 Å². The summed E-state index contributed by atoms with van der Waals surface area (Å²) in [7, 11) is 0. The van der Waals surface area contributed by atoms with Gasteiger partial charge in [0, 0.05) is 40.6 Å². The number of rotatable bonds is 3. The number of nitrogens with zero attached hydrogens (tertiary/aromatic N) is 1. The highest BCUT2D eigenvalue weighted by atomic mass is 35.5. The Balaban J connectivity index is 1.57. The first-order valence-electron chi connectivity index (χ1n) is 7.44. The van der Waals surface area contributed by atoms with E-state index in [1.807, 2.05) is 30.3 Å². The molecule has 1 fully saturated rings. The second-order valence-corrected chi connectivity index (χ2v) is 6.40. The fraction of sp³-hybridized carbons (Fsp3) is 0.235. The molecule has 2 aromatic carbocycles. The molecule has 0 aromatic heterocycles. The van der Waals surface area contributed by atoms with Crippen molar-refractivity contribution in [1.29, 1.82) is 0 Å². The topological polar surface area (TPSA) is 44.4 Å². The first-order chi connectivity index (χ1) is 11.1. The van der Waals surface area contributed by atoms with E-state index in [2.05, 4.69) is 10.6 Å². The molecule has 120 valence electrons. The van der Waals surface area contributed by atoms with Gasteiger partial charge in [-0.2, -0.15) is 0 Å². The minimum Gasteiger partial charge on any atom is -0.380 e. The molecule has 23 heavy (non-hydrogen) atoms. The van der Waals surface area contributed by atoms with Gasteiger partial charge >= 0.3 is 6.03 Å². The average molecular weight is 350 g/mol. The molecule has 2 aromatic rings. The van der Waals surface area contributed by atoms with E-state index in [1.54, 1.807) is 23.1 Å². The minimum absolute atomic E-state index is 0.138. The second-order valence-electron chi connectivity index (χ2n) is 5.53. The van der Waals surface area contributed by atoms with Crippen molar-refractivity contribution >= 4 is 40.6 Å². The summed E-state index contributed by atoms with van der Waals surface area (Å²) in [4.78, 5) is 14.1. The highest BCUT2D eigenvalue weighted by Crippen LogP contribution is 2.23. The lowest BCUT2D eigenvalue weighted by atomic mass is 10.2. The Morgan fingerprint density at radius 1 is 1.04 bits per heavy atom. The van der Waals surface area contributed by atoms with Gasteiger partial charge in [0.2, 0.25) is 0 Å². The molecule has 3 rings (SSSR count). The van der Waals surface area contributed by atoms with Crippen LogP contribution in [0.4, 0.5) is 16.2 Å². The number of carbonyl (C=O) groups is 1. The molecule has 0 saturated carbocycles. The third kappa shape index (κ3) is 4.30. The normalized spacial score (nSPS) is 17.1. The number of carbonyl (C=O) groups excluding carboxylic acids is 1. The van der Waals surface area contributed by atoms with E-state index >= 15 is 0 Å². The van der Waals surface area contributed by atoms with Crippen LogP contribution in [0.1, 0.15) is 6.42 Å². The number of nitrogens with one attached hydrogen (secondary N) is 2. The highest BCUT2D eigenvalue weighted by molar-refractivity contribution is 6.35. The number of anilines is 2. The van der Waals surface area contributed by atoms with Crippen LogP contribution >= 0.6 is 23.2 Å². The van der Waals surface area contributed by atoms with E-state index < -0.39 is 0 Å². The van der Waals surface area contributed by atoms with Gasteiger partial charge in [0.15, 0.2) is 0 Å². The lowest BCUT2D eigenvalue weighted by molar-refractivity contribution is 0.222. The van der Waals surface area contributed by atoms with Crippen LogP contribution in [0.15, 0.2) is 48.5 Å². The maximum Gasteiger partial charge on any atom is 0.321 e. The zero-order chi connectivity index (χ0) is 16.2. The minimum atomic E-state index is -0.138. The predicted molar refractivity (Wildman–Crippen MR) is 95.5 cm³/mol.